The van der Waals surface area contributed by atoms with Gasteiger partial charge in [-0.25, -0.2) is 0 Å². The molecular formula is C11H20BrNO2. The molecule has 15 heavy (non-hydrogen) atoms. The number of hydrogen-bond acceptors (Lipinski definition) is 2. The number of halogens is 1. The molecule has 1 saturated heterocycles. The molecule has 0 aromatic heterocycles. The highest BCUT2D eigenvalue weighted by molar-refractivity contribution is 9.09. The van der Waals surface area contributed by atoms with Crippen molar-refractivity contribution in [3.63, 3.8) is 0 Å². The van der Waals surface area contributed by atoms with Crippen molar-refractivity contribution in [3.05, 3.63) is 0 Å². The van der Waals surface area contributed by atoms with Crippen LogP contribution in [-0.2, 0) is 9.53 Å². The van der Waals surface area contributed by atoms with Crippen molar-refractivity contribution in [2.24, 2.45) is 11.8 Å². The molecule has 1 fully saturated rings. The monoisotopic (exact) mass is 277 g/mol. The smallest absolute Gasteiger partial charge is 0.226 e. The topological polar surface area (TPSA) is 38.3 Å². The molecule has 0 saturated carbocycles. The van der Waals surface area contributed by atoms with E-state index in [0.717, 1.165) is 5.33 Å². The predicted octanol–water partition coefficient (Wildman–Crippen LogP) is 1.95. The van der Waals surface area contributed by atoms with Crippen LogP contribution in [0.1, 0.15) is 27.7 Å². The number of amides is 1. The number of ether oxygens (including phenoxy) is 1. The van der Waals surface area contributed by atoms with Gasteiger partial charge in [-0.1, -0.05) is 22.9 Å². The summed E-state index contributed by atoms with van der Waals surface area (Å²) >= 11 is 3.35. The highest BCUT2D eigenvalue weighted by atomic mass is 79.9. The van der Waals surface area contributed by atoms with Gasteiger partial charge in [0.2, 0.25) is 5.91 Å². The van der Waals surface area contributed by atoms with Gasteiger partial charge < -0.3 is 10.1 Å². The van der Waals surface area contributed by atoms with E-state index in [-0.39, 0.29) is 30.1 Å². The summed E-state index contributed by atoms with van der Waals surface area (Å²) < 4.78 is 5.65. The highest BCUT2D eigenvalue weighted by Crippen LogP contribution is 2.32. The maximum absolute atomic E-state index is 12.0. The maximum atomic E-state index is 12.0. The van der Waals surface area contributed by atoms with Crippen molar-refractivity contribution in [1.82, 2.24) is 5.32 Å². The van der Waals surface area contributed by atoms with Gasteiger partial charge >= 0.3 is 0 Å². The molecule has 3 nitrogen and oxygen atoms in total. The van der Waals surface area contributed by atoms with Gasteiger partial charge in [-0.3, -0.25) is 4.79 Å². The summed E-state index contributed by atoms with van der Waals surface area (Å²) in [5.41, 5.74) is 0. The SMILES string of the molecule is CC(CBr)NC(=O)C1C(C)OC(C)C1C. The summed E-state index contributed by atoms with van der Waals surface area (Å²) in [4.78, 5) is 12.0. The summed E-state index contributed by atoms with van der Waals surface area (Å²) in [6.07, 6.45) is 0.201. The number of hydrogen-bond donors (Lipinski definition) is 1. The number of alkyl halides is 1. The van der Waals surface area contributed by atoms with Crippen LogP contribution in [0.15, 0.2) is 0 Å². The lowest BCUT2D eigenvalue weighted by Gasteiger charge is -2.20. The molecular weight excluding hydrogens is 258 g/mol. The molecule has 1 N–H and O–H groups in total. The van der Waals surface area contributed by atoms with Crippen molar-refractivity contribution in [1.29, 1.82) is 0 Å². The van der Waals surface area contributed by atoms with E-state index >= 15 is 0 Å². The molecule has 0 aromatic rings. The Morgan fingerprint density at radius 1 is 1.40 bits per heavy atom. The van der Waals surface area contributed by atoms with Crippen LogP contribution >= 0.6 is 15.9 Å². The van der Waals surface area contributed by atoms with Crippen molar-refractivity contribution in [3.8, 4) is 0 Å². The quantitative estimate of drug-likeness (QED) is 0.801. The normalized spacial score (nSPS) is 37.7. The highest BCUT2D eigenvalue weighted by Gasteiger charge is 2.41. The lowest BCUT2D eigenvalue weighted by molar-refractivity contribution is -0.127. The Bertz CT molecular complexity index is 235. The molecule has 0 aromatic carbocycles. The van der Waals surface area contributed by atoms with Crippen LogP contribution in [-0.4, -0.2) is 29.5 Å². The number of carbonyl (C=O) groups excluding carboxylic acids is 1. The summed E-state index contributed by atoms with van der Waals surface area (Å²) in [5, 5.41) is 3.77. The molecule has 0 aliphatic carbocycles. The van der Waals surface area contributed by atoms with E-state index in [1.165, 1.54) is 0 Å². The van der Waals surface area contributed by atoms with Crippen LogP contribution in [0, 0.1) is 11.8 Å². The maximum Gasteiger partial charge on any atom is 0.226 e. The molecule has 0 radical (unpaired) electrons. The molecule has 1 aliphatic heterocycles. The summed E-state index contributed by atoms with van der Waals surface area (Å²) in [6, 6.07) is 0.174. The van der Waals surface area contributed by atoms with E-state index in [4.69, 9.17) is 4.74 Å². The van der Waals surface area contributed by atoms with E-state index in [9.17, 15) is 4.79 Å². The molecule has 1 aliphatic rings. The zero-order valence-corrected chi connectivity index (χ0v) is 11.4. The molecule has 0 bridgehead atoms. The van der Waals surface area contributed by atoms with Crippen molar-refractivity contribution >= 4 is 21.8 Å². The zero-order valence-electron chi connectivity index (χ0n) is 9.79. The van der Waals surface area contributed by atoms with Crippen LogP contribution < -0.4 is 5.32 Å². The minimum atomic E-state index is -0.0125. The Morgan fingerprint density at radius 3 is 2.40 bits per heavy atom. The van der Waals surface area contributed by atoms with E-state index in [2.05, 4.69) is 28.2 Å². The Morgan fingerprint density at radius 2 is 2.00 bits per heavy atom. The van der Waals surface area contributed by atoms with Gasteiger partial charge in [-0.15, -0.1) is 0 Å². The fourth-order valence-electron chi connectivity index (χ4n) is 2.10. The van der Waals surface area contributed by atoms with Gasteiger partial charge in [0.25, 0.3) is 0 Å². The van der Waals surface area contributed by atoms with Crippen LogP contribution in [0.25, 0.3) is 0 Å². The predicted molar refractivity (Wildman–Crippen MR) is 64.1 cm³/mol. The van der Waals surface area contributed by atoms with Gasteiger partial charge in [0, 0.05) is 11.4 Å². The van der Waals surface area contributed by atoms with Gasteiger partial charge in [0.15, 0.2) is 0 Å². The summed E-state index contributed by atoms with van der Waals surface area (Å²) in [6.45, 7) is 8.07. The second-order valence-electron chi connectivity index (χ2n) is 4.50. The second-order valence-corrected chi connectivity index (χ2v) is 5.14. The molecule has 0 spiro atoms. The fourth-order valence-corrected chi connectivity index (χ4v) is 2.26. The number of nitrogens with one attached hydrogen (secondary N) is 1. The largest absolute Gasteiger partial charge is 0.374 e. The first-order valence-electron chi connectivity index (χ1n) is 5.49. The minimum absolute atomic E-state index is 0.0125. The zero-order chi connectivity index (χ0) is 11.6. The first-order valence-corrected chi connectivity index (χ1v) is 6.61. The molecule has 5 atom stereocenters. The van der Waals surface area contributed by atoms with Crippen molar-refractivity contribution < 1.29 is 9.53 Å². The van der Waals surface area contributed by atoms with Gasteiger partial charge in [-0.2, -0.15) is 0 Å². The fraction of sp³-hybridized carbons (Fsp3) is 0.909. The van der Waals surface area contributed by atoms with E-state index in [0.29, 0.717) is 5.92 Å². The van der Waals surface area contributed by atoms with Gasteiger partial charge in [0.05, 0.1) is 18.1 Å². The van der Waals surface area contributed by atoms with Crippen LogP contribution in [0.3, 0.4) is 0 Å². The van der Waals surface area contributed by atoms with Crippen LogP contribution in [0.5, 0.6) is 0 Å². The Hall–Kier alpha value is -0.0900. The third-order valence-corrected chi connectivity index (χ3v) is 4.14. The third-order valence-electron chi connectivity index (χ3n) is 3.16. The van der Waals surface area contributed by atoms with Crippen molar-refractivity contribution in [2.75, 3.05) is 5.33 Å². The van der Waals surface area contributed by atoms with E-state index in [1.807, 2.05) is 20.8 Å². The standard InChI is InChI=1S/C11H20BrNO2/c1-6(5-12)13-11(14)10-7(2)8(3)15-9(10)4/h6-10H,5H2,1-4H3,(H,13,14). The Balaban J connectivity index is 2.59. The molecule has 5 unspecified atom stereocenters. The lowest BCUT2D eigenvalue weighted by atomic mass is 9.88. The number of rotatable bonds is 3. The van der Waals surface area contributed by atoms with E-state index in [1.54, 1.807) is 0 Å². The molecule has 1 amide bonds. The first kappa shape index (κ1) is 13.0. The average Bonchev–Trinajstić information content (AvgIpc) is 2.41. The summed E-state index contributed by atoms with van der Waals surface area (Å²) in [7, 11) is 0. The van der Waals surface area contributed by atoms with Gasteiger partial charge in [-0.05, 0) is 26.7 Å². The second kappa shape index (κ2) is 5.30. The molecule has 1 rings (SSSR count). The summed E-state index contributed by atoms with van der Waals surface area (Å²) in [5.74, 6) is 0.398. The Kier molecular flexibility index (Phi) is 4.59. The number of carbonyl (C=O) groups is 1. The van der Waals surface area contributed by atoms with Gasteiger partial charge in [0.1, 0.15) is 0 Å². The van der Waals surface area contributed by atoms with E-state index < -0.39 is 0 Å². The molecule has 1 heterocycles. The lowest BCUT2D eigenvalue weighted by Crippen LogP contribution is -2.42. The third kappa shape index (κ3) is 2.94. The average molecular weight is 278 g/mol. The van der Waals surface area contributed by atoms with Crippen LogP contribution in [0.4, 0.5) is 0 Å². The van der Waals surface area contributed by atoms with Crippen LogP contribution in [0.2, 0.25) is 0 Å². The Labute approximate surface area is 100 Å². The minimum Gasteiger partial charge on any atom is -0.374 e. The van der Waals surface area contributed by atoms with Crippen molar-refractivity contribution in [2.45, 2.75) is 45.9 Å². The molecule has 4 heteroatoms. The molecule has 88 valence electrons. The first-order chi connectivity index (χ1) is 6.97.